The summed E-state index contributed by atoms with van der Waals surface area (Å²) >= 11 is 2.88. The number of halogens is 1. The highest BCUT2D eigenvalue weighted by molar-refractivity contribution is 7.22. The second kappa shape index (κ2) is 5.54. The number of carbonyl (C=O) groups excluding carboxylic acids is 1. The van der Waals surface area contributed by atoms with Crippen LogP contribution in [0.2, 0.25) is 0 Å². The van der Waals surface area contributed by atoms with Crippen molar-refractivity contribution in [2.24, 2.45) is 5.92 Å². The van der Waals surface area contributed by atoms with Gasteiger partial charge in [-0.25, -0.2) is 14.4 Å². The molecule has 5 nitrogen and oxygen atoms in total. The Labute approximate surface area is 139 Å². The lowest BCUT2D eigenvalue weighted by atomic mass is 10.0. The first-order valence-corrected chi connectivity index (χ1v) is 8.82. The molecule has 0 atom stereocenters. The largest absolute Gasteiger partial charge is 0.346 e. The molecular weight excluding hydrogens is 335 g/mol. The van der Waals surface area contributed by atoms with Gasteiger partial charge in [-0.3, -0.25) is 4.79 Å². The SMILES string of the molecule is Cc1csc(NC(=O)C2CN(c3nc4ccc(F)cc4s3)C2)n1. The number of thiazole rings is 2. The van der Waals surface area contributed by atoms with Crippen molar-refractivity contribution in [3.05, 3.63) is 35.1 Å². The van der Waals surface area contributed by atoms with Crippen molar-refractivity contribution in [3.63, 3.8) is 0 Å². The average molecular weight is 348 g/mol. The van der Waals surface area contributed by atoms with Crippen LogP contribution in [0.4, 0.5) is 14.7 Å². The van der Waals surface area contributed by atoms with Crippen LogP contribution in [0, 0.1) is 18.7 Å². The van der Waals surface area contributed by atoms with Crippen molar-refractivity contribution < 1.29 is 9.18 Å². The summed E-state index contributed by atoms with van der Waals surface area (Å²) in [5, 5.41) is 6.22. The quantitative estimate of drug-likeness (QED) is 0.789. The Hall–Kier alpha value is -2.06. The lowest BCUT2D eigenvalue weighted by Gasteiger charge is -2.37. The van der Waals surface area contributed by atoms with Crippen molar-refractivity contribution in [2.75, 3.05) is 23.3 Å². The molecule has 1 aliphatic heterocycles. The first-order chi connectivity index (χ1) is 11.1. The maximum atomic E-state index is 13.2. The summed E-state index contributed by atoms with van der Waals surface area (Å²) in [4.78, 5) is 22.9. The summed E-state index contributed by atoms with van der Waals surface area (Å²) in [6.45, 7) is 3.14. The predicted octanol–water partition coefficient (Wildman–Crippen LogP) is 3.28. The molecule has 0 bridgehead atoms. The monoisotopic (exact) mass is 348 g/mol. The third-order valence-corrected chi connectivity index (χ3v) is 5.67. The average Bonchev–Trinajstić information content (AvgIpc) is 3.03. The number of carbonyl (C=O) groups is 1. The molecular formula is C15H13FN4OS2. The lowest BCUT2D eigenvalue weighted by molar-refractivity contribution is -0.120. The van der Waals surface area contributed by atoms with E-state index in [-0.39, 0.29) is 17.6 Å². The Morgan fingerprint density at radius 3 is 2.96 bits per heavy atom. The van der Waals surface area contributed by atoms with E-state index in [0.29, 0.717) is 18.2 Å². The number of hydrogen-bond donors (Lipinski definition) is 1. The number of fused-ring (bicyclic) bond motifs is 1. The number of nitrogens with zero attached hydrogens (tertiary/aromatic N) is 3. The highest BCUT2D eigenvalue weighted by Crippen LogP contribution is 2.33. The maximum absolute atomic E-state index is 13.2. The van der Waals surface area contributed by atoms with Crippen LogP contribution in [0.1, 0.15) is 5.69 Å². The summed E-state index contributed by atoms with van der Waals surface area (Å²) in [6.07, 6.45) is 0. The number of aryl methyl sites for hydroxylation is 1. The summed E-state index contributed by atoms with van der Waals surface area (Å²) < 4.78 is 14.1. The Morgan fingerprint density at radius 2 is 2.22 bits per heavy atom. The van der Waals surface area contributed by atoms with Gasteiger partial charge in [0.15, 0.2) is 10.3 Å². The smallest absolute Gasteiger partial charge is 0.232 e. The molecule has 1 aromatic carbocycles. The normalized spacial score (nSPS) is 15.0. The number of aromatic nitrogens is 2. The standard InChI is InChI=1S/C15H13FN4OS2/c1-8-7-22-14(17-8)19-13(21)9-5-20(6-9)15-18-11-3-2-10(16)4-12(11)23-15/h2-4,7,9H,5-6H2,1H3,(H,17,19,21). The number of rotatable bonds is 3. The molecule has 1 fully saturated rings. The third kappa shape index (κ3) is 2.79. The van der Waals surface area contributed by atoms with E-state index in [0.717, 1.165) is 21.0 Å². The van der Waals surface area contributed by atoms with Gasteiger partial charge >= 0.3 is 0 Å². The molecule has 3 heterocycles. The van der Waals surface area contributed by atoms with E-state index in [1.807, 2.05) is 17.2 Å². The second-order valence-corrected chi connectivity index (χ2v) is 7.36. The van der Waals surface area contributed by atoms with Crippen LogP contribution in [0.5, 0.6) is 0 Å². The topological polar surface area (TPSA) is 58.1 Å². The molecule has 1 amide bonds. The van der Waals surface area contributed by atoms with Crippen LogP contribution in [-0.4, -0.2) is 29.0 Å². The van der Waals surface area contributed by atoms with Crippen LogP contribution in [-0.2, 0) is 4.79 Å². The van der Waals surface area contributed by atoms with Crippen molar-refractivity contribution in [3.8, 4) is 0 Å². The number of nitrogens with one attached hydrogen (secondary N) is 1. The van der Waals surface area contributed by atoms with Crippen LogP contribution in [0.25, 0.3) is 10.2 Å². The van der Waals surface area contributed by atoms with Gasteiger partial charge in [0.25, 0.3) is 0 Å². The molecule has 2 aromatic heterocycles. The van der Waals surface area contributed by atoms with Crippen LogP contribution >= 0.6 is 22.7 Å². The summed E-state index contributed by atoms with van der Waals surface area (Å²) in [5.41, 5.74) is 1.69. The molecule has 0 spiro atoms. The zero-order chi connectivity index (χ0) is 16.0. The van der Waals surface area contributed by atoms with Gasteiger partial charge in [0.2, 0.25) is 5.91 Å². The maximum Gasteiger partial charge on any atom is 0.232 e. The van der Waals surface area contributed by atoms with Crippen molar-refractivity contribution in [1.29, 1.82) is 0 Å². The Kier molecular flexibility index (Phi) is 3.50. The summed E-state index contributed by atoms with van der Waals surface area (Å²) in [6, 6.07) is 4.58. The molecule has 0 radical (unpaired) electrons. The third-order valence-electron chi connectivity index (χ3n) is 3.71. The lowest BCUT2D eigenvalue weighted by Crippen LogP contribution is -2.52. The fraction of sp³-hybridized carbons (Fsp3) is 0.267. The molecule has 118 valence electrons. The second-order valence-electron chi connectivity index (χ2n) is 5.49. The van der Waals surface area contributed by atoms with Gasteiger partial charge in [0, 0.05) is 18.5 Å². The number of hydrogen-bond acceptors (Lipinski definition) is 6. The first-order valence-electron chi connectivity index (χ1n) is 7.12. The van der Waals surface area contributed by atoms with E-state index in [1.165, 1.54) is 34.8 Å². The van der Waals surface area contributed by atoms with Gasteiger partial charge < -0.3 is 10.2 Å². The number of amides is 1. The number of anilines is 2. The number of benzene rings is 1. The van der Waals surface area contributed by atoms with E-state index in [9.17, 15) is 9.18 Å². The van der Waals surface area contributed by atoms with Gasteiger partial charge in [-0.15, -0.1) is 11.3 Å². The van der Waals surface area contributed by atoms with E-state index >= 15 is 0 Å². The van der Waals surface area contributed by atoms with Gasteiger partial charge in [-0.1, -0.05) is 11.3 Å². The summed E-state index contributed by atoms with van der Waals surface area (Å²) in [7, 11) is 0. The minimum Gasteiger partial charge on any atom is -0.346 e. The predicted molar refractivity (Wildman–Crippen MR) is 90.8 cm³/mol. The zero-order valence-electron chi connectivity index (χ0n) is 12.2. The van der Waals surface area contributed by atoms with Gasteiger partial charge in [-0.05, 0) is 25.1 Å². The highest BCUT2D eigenvalue weighted by Gasteiger charge is 2.34. The minimum atomic E-state index is -0.257. The van der Waals surface area contributed by atoms with Gasteiger partial charge in [0.1, 0.15) is 5.82 Å². The van der Waals surface area contributed by atoms with Crippen molar-refractivity contribution in [2.45, 2.75) is 6.92 Å². The van der Waals surface area contributed by atoms with Crippen LogP contribution < -0.4 is 10.2 Å². The molecule has 0 saturated carbocycles. The molecule has 0 aliphatic carbocycles. The van der Waals surface area contributed by atoms with E-state index in [2.05, 4.69) is 15.3 Å². The van der Waals surface area contributed by atoms with E-state index < -0.39 is 0 Å². The Balaban J connectivity index is 1.41. The summed E-state index contributed by atoms with van der Waals surface area (Å²) in [5.74, 6) is -0.335. The Bertz CT molecular complexity index is 885. The molecule has 1 N–H and O–H groups in total. The van der Waals surface area contributed by atoms with Crippen molar-refractivity contribution in [1.82, 2.24) is 9.97 Å². The molecule has 23 heavy (non-hydrogen) atoms. The van der Waals surface area contributed by atoms with Gasteiger partial charge in [0.05, 0.1) is 21.8 Å². The Morgan fingerprint density at radius 1 is 1.39 bits per heavy atom. The minimum absolute atomic E-state index is 0.0113. The fourth-order valence-electron chi connectivity index (χ4n) is 2.44. The molecule has 3 aromatic rings. The molecule has 8 heteroatoms. The molecule has 1 saturated heterocycles. The van der Waals surface area contributed by atoms with Gasteiger partial charge in [-0.2, -0.15) is 0 Å². The molecule has 4 rings (SSSR count). The van der Waals surface area contributed by atoms with Crippen LogP contribution in [0.15, 0.2) is 23.6 Å². The fourth-order valence-corrected chi connectivity index (χ4v) is 4.14. The van der Waals surface area contributed by atoms with Crippen LogP contribution in [0.3, 0.4) is 0 Å². The van der Waals surface area contributed by atoms with Crippen molar-refractivity contribution >= 4 is 49.1 Å². The zero-order valence-corrected chi connectivity index (χ0v) is 13.9. The first kappa shape index (κ1) is 14.5. The highest BCUT2D eigenvalue weighted by atomic mass is 32.1. The van der Waals surface area contributed by atoms with E-state index in [1.54, 1.807) is 6.07 Å². The molecule has 0 unspecified atom stereocenters. The van der Waals surface area contributed by atoms with E-state index in [4.69, 9.17) is 0 Å². The molecule has 1 aliphatic rings.